The monoisotopic (exact) mass is 313 g/mol. The van der Waals surface area contributed by atoms with Crippen LogP contribution < -0.4 is 10.5 Å². The number of hydrogen-bond acceptors (Lipinski definition) is 3. The van der Waals surface area contributed by atoms with Crippen molar-refractivity contribution in [2.75, 3.05) is 0 Å². The Hall–Kier alpha value is -2.02. The Morgan fingerprint density at radius 3 is 2.64 bits per heavy atom. The standard InChI is InChI=1S/C15H18F3N3O/c1-9(19)7-13-10(2)20-21(3)14(13)22-12-6-4-5-11(8-12)15(16,17)18/h4-6,8-9H,7,19H2,1-3H3. The van der Waals surface area contributed by atoms with E-state index in [4.69, 9.17) is 10.5 Å². The second-order valence-electron chi connectivity index (χ2n) is 5.30. The molecule has 1 heterocycles. The van der Waals surface area contributed by atoms with Crippen molar-refractivity contribution < 1.29 is 17.9 Å². The average molecular weight is 313 g/mol. The highest BCUT2D eigenvalue weighted by molar-refractivity contribution is 5.38. The van der Waals surface area contributed by atoms with Gasteiger partial charge in [0.25, 0.3) is 0 Å². The maximum atomic E-state index is 12.8. The first kappa shape index (κ1) is 16.4. The molecule has 0 spiro atoms. The lowest BCUT2D eigenvalue weighted by atomic mass is 10.1. The number of benzene rings is 1. The minimum absolute atomic E-state index is 0.105. The Morgan fingerprint density at radius 2 is 2.05 bits per heavy atom. The van der Waals surface area contributed by atoms with Gasteiger partial charge in [0.15, 0.2) is 0 Å². The van der Waals surface area contributed by atoms with Gasteiger partial charge in [-0.3, -0.25) is 0 Å². The first-order valence-electron chi connectivity index (χ1n) is 6.81. The highest BCUT2D eigenvalue weighted by atomic mass is 19.4. The van der Waals surface area contributed by atoms with E-state index in [1.807, 2.05) is 13.8 Å². The zero-order chi connectivity index (χ0) is 16.5. The molecule has 2 aromatic rings. The highest BCUT2D eigenvalue weighted by Gasteiger charge is 2.30. The van der Waals surface area contributed by atoms with E-state index in [1.165, 1.54) is 16.8 Å². The van der Waals surface area contributed by atoms with Crippen LogP contribution in [0.2, 0.25) is 0 Å². The van der Waals surface area contributed by atoms with Crippen molar-refractivity contribution in [2.45, 2.75) is 32.5 Å². The number of nitrogens with two attached hydrogens (primary N) is 1. The van der Waals surface area contributed by atoms with E-state index in [-0.39, 0.29) is 11.8 Å². The molecule has 0 bridgehead atoms. The second-order valence-corrected chi connectivity index (χ2v) is 5.30. The summed E-state index contributed by atoms with van der Waals surface area (Å²) in [6.07, 6.45) is -3.87. The molecule has 22 heavy (non-hydrogen) atoms. The molecule has 4 nitrogen and oxygen atoms in total. The van der Waals surface area contributed by atoms with E-state index in [1.54, 1.807) is 7.05 Å². The summed E-state index contributed by atoms with van der Waals surface area (Å²) in [4.78, 5) is 0. The van der Waals surface area contributed by atoms with Gasteiger partial charge in [-0.25, -0.2) is 4.68 Å². The largest absolute Gasteiger partial charge is 0.439 e. The molecule has 1 aromatic heterocycles. The fourth-order valence-electron chi connectivity index (χ4n) is 2.21. The van der Waals surface area contributed by atoms with Gasteiger partial charge >= 0.3 is 6.18 Å². The lowest BCUT2D eigenvalue weighted by molar-refractivity contribution is -0.137. The number of nitrogens with zero attached hydrogens (tertiary/aromatic N) is 2. The zero-order valence-electron chi connectivity index (χ0n) is 12.6. The number of halogens is 3. The summed E-state index contributed by atoms with van der Waals surface area (Å²) in [6.45, 7) is 3.66. The zero-order valence-corrected chi connectivity index (χ0v) is 12.6. The molecule has 2 N–H and O–H groups in total. The van der Waals surface area contributed by atoms with E-state index in [2.05, 4.69) is 5.10 Å². The third kappa shape index (κ3) is 3.59. The normalized spacial score (nSPS) is 13.2. The van der Waals surface area contributed by atoms with Crippen LogP contribution in [0.1, 0.15) is 23.7 Å². The van der Waals surface area contributed by atoms with Gasteiger partial charge in [-0.05, 0) is 38.5 Å². The van der Waals surface area contributed by atoms with Gasteiger partial charge in [-0.2, -0.15) is 18.3 Å². The highest BCUT2D eigenvalue weighted by Crippen LogP contribution is 2.34. The van der Waals surface area contributed by atoms with E-state index < -0.39 is 11.7 Å². The number of aromatic nitrogens is 2. The molecule has 0 saturated heterocycles. The van der Waals surface area contributed by atoms with Crippen molar-refractivity contribution in [3.63, 3.8) is 0 Å². The summed E-state index contributed by atoms with van der Waals surface area (Å²) in [5, 5.41) is 4.25. The first-order chi connectivity index (χ1) is 10.2. The maximum absolute atomic E-state index is 12.8. The Morgan fingerprint density at radius 1 is 1.36 bits per heavy atom. The van der Waals surface area contributed by atoms with Crippen LogP contribution in [0.4, 0.5) is 13.2 Å². The molecule has 1 unspecified atom stereocenters. The van der Waals surface area contributed by atoms with Gasteiger partial charge in [-0.15, -0.1) is 0 Å². The fourth-order valence-corrected chi connectivity index (χ4v) is 2.21. The molecule has 0 aliphatic heterocycles. The topological polar surface area (TPSA) is 53.1 Å². The van der Waals surface area contributed by atoms with Crippen LogP contribution in [0, 0.1) is 6.92 Å². The SMILES string of the molecule is Cc1nn(C)c(Oc2cccc(C(F)(F)F)c2)c1CC(C)N. The number of alkyl halides is 3. The Bertz CT molecular complexity index is 663. The second kappa shape index (κ2) is 6.00. The molecule has 0 radical (unpaired) electrons. The summed E-state index contributed by atoms with van der Waals surface area (Å²) < 4.78 is 45.4. The molecule has 0 amide bonds. The molecular formula is C15H18F3N3O. The van der Waals surface area contributed by atoms with E-state index >= 15 is 0 Å². The first-order valence-corrected chi connectivity index (χ1v) is 6.81. The smallest absolute Gasteiger partial charge is 0.416 e. The fraction of sp³-hybridized carbons (Fsp3) is 0.400. The summed E-state index contributed by atoms with van der Waals surface area (Å²) in [7, 11) is 1.68. The Kier molecular flexibility index (Phi) is 4.46. The van der Waals surface area contributed by atoms with Gasteiger partial charge < -0.3 is 10.5 Å². The number of hydrogen-bond donors (Lipinski definition) is 1. The number of ether oxygens (including phenoxy) is 1. The number of aryl methyl sites for hydroxylation is 2. The lowest BCUT2D eigenvalue weighted by Crippen LogP contribution is -2.18. The van der Waals surface area contributed by atoms with E-state index in [9.17, 15) is 13.2 Å². The summed E-state index contributed by atoms with van der Waals surface area (Å²) in [5.41, 5.74) is 6.61. The van der Waals surface area contributed by atoms with Crippen molar-refractivity contribution in [3.05, 3.63) is 41.1 Å². The molecule has 1 atom stereocenters. The van der Waals surface area contributed by atoms with Gasteiger partial charge in [0.05, 0.1) is 11.3 Å². The molecule has 2 rings (SSSR count). The van der Waals surface area contributed by atoms with E-state index in [0.29, 0.717) is 12.3 Å². The van der Waals surface area contributed by atoms with E-state index in [0.717, 1.165) is 23.4 Å². The molecule has 7 heteroatoms. The quantitative estimate of drug-likeness (QED) is 0.941. The van der Waals surface area contributed by atoms with Crippen LogP contribution in [0.15, 0.2) is 24.3 Å². The predicted octanol–water partition coefficient (Wildman–Crippen LogP) is 3.43. The summed E-state index contributed by atoms with van der Waals surface area (Å²) in [5.74, 6) is 0.526. The van der Waals surface area contributed by atoms with Crippen LogP contribution in [-0.2, 0) is 19.6 Å². The van der Waals surface area contributed by atoms with Crippen molar-refractivity contribution in [1.82, 2.24) is 9.78 Å². The average Bonchev–Trinajstić information content (AvgIpc) is 2.65. The third-order valence-corrected chi connectivity index (χ3v) is 3.19. The van der Waals surface area contributed by atoms with Crippen molar-refractivity contribution in [3.8, 4) is 11.6 Å². The molecule has 120 valence electrons. The van der Waals surface area contributed by atoms with Crippen molar-refractivity contribution >= 4 is 0 Å². The van der Waals surface area contributed by atoms with Crippen LogP contribution in [0.5, 0.6) is 11.6 Å². The van der Waals surface area contributed by atoms with Gasteiger partial charge in [-0.1, -0.05) is 6.07 Å². The molecule has 0 saturated carbocycles. The number of rotatable bonds is 4. The summed E-state index contributed by atoms with van der Waals surface area (Å²) in [6, 6.07) is 4.66. The van der Waals surface area contributed by atoms with Crippen molar-refractivity contribution in [1.29, 1.82) is 0 Å². The molecule has 0 aliphatic carbocycles. The van der Waals surface area contributed by atoms with Gasteiger partial charge in [0.1, 0.15) is 5.75 Å². The van der Waals surface area contributed by atoms with Gasteiger partial charge in [0.2, 0.25) is 5.88 Å². The molecule has 0 aliphatic rings. The molecule has 0 fully saturated rings. The minimum atomic E-state index is -4.41. The molecular weight excluding hydrogens is 295 g/mol. The van der Waals surface area contributed by atoms with Crippen LogP contribution >= 0.6 is 0 Å². The lowest BCUT2D eigenvalue weighted by Gasteiger charge is -2.12. The Balaban J connectivity index is 2.35. The van der Waals surface area contributed by atoms with Crippen molar-refractivity contribution in [2.24, 2.45) is 12.8 Å². The van der Waals surface area contributed by atoms with Crippen LogP contribution in [0.25, 0.3) is 0 Å². The summed E-state index contributed by atoms with van der Waals surface area (Å²) >= 11 is 0. The minimum Gasteiger partial charge on any atom is -0.439 e. The maximum Gasteiger partial charge on any atom is 0.416 e. The van der Waals surface area contributed by atoms with Crippen LogP contribution in [-0.4, -0.2) is 15.8 Å². The van der Waals surface area contributed by atoms with Crippen LogP contribution in [0.3, 0.4) is 0 Å². The predicted molar refractivity (Wildman–Crippen MR) is 76.8 cm³/mol. The molecule has 1 aromatic carbocycles. The van der Waals surface area contributed by atoms with Gasteiger partial charge in [0, 0.05) is 18.7 Å². The Labute approximate surface area is 126 Å². The third-order valence-electron chi connectivity index (χ3n) is 3.19.